The van der Waals surface area contributed by atoms with Gasteiger partial charge >= 0.3 is 0 Å². The molecule has 1 heterocycles. The molecule has 0 atom stereocenters. The van der Waals surface area contributed by atoms with E-state index in [1.807, 2.05) is 20.8 Å². The first-order valence-electron chi connectivity index (χ1n) is 7.02. The van der Waals surface area contributed by atoms with Crippen molar-refractivity contribution in [2.45, 2.75) is 58.5 Å². The zero-order valence-electron chi connectivity index (χ0n) is 13.2. The molecule has 2 N–H and O–H groups in total. The number of nitrogens with one attached hydrogen (secondary N) is 2. The lowest BCUT2D eigenvalue weighted by molar-refractivity contribution is -0.121. The molecule has 0 saturated carbocycles. The predicted octanol–water partition coefficient (Wildman–Crippen LogP) is 0.713. The average molecular weight is 316 g/mol. The van der Waals surface area contributed by atoms with Gasteiger partial charge in [0.05, 0.1) is 11.4 Å². The summed E-state index contributed by atoms with van der Waals surface area (Å²) in [5, 5.41) is 6.91. The zero-order valence-corrected chi connectivity index (χ0v) is 14.0. The van der Waals surface area contributed by atoms with Crippen molar-refractivity contribution in [2.75, 3.05) is 6.54 Å². The number of rotatable bonds is 7. The summed E-state index contributed by atoms with van der Waals surface area (Å²) < 4.78 is 28.7. The average Bonchev–Trinajstić information content (AvgIpc) is 2.63. The van der Waals surface area contributed by atoms with Crippen LogP contribution in [0.4, 0.5) is 0 Å². The smallest absolute Gasteiger partial charge is 0.244 e. The maximum atomic E-state index is 12.3. The van der Waals surface area contributed by atoms with Crippen LogP contribution < -0.4 is 10.0 Å². The van der Waals surface area contributed by atoms with E-state index in [0.29, 0.717) is 17.9 Å². The van der Waals surface area contributed by atoms with Crippen LogP contribution in [0, 0.1) is 13.8 Å². The van der Waals surface area contributed by atoms with E-state index < -0.39 is 10.0 Å². The van der Waals surface area contributed by atoms with E-state index in [2.05, 4.69) is 15.1 Å². The van der Waals surface area contributed by atoms with Gasteiger partial charge in [0.15, 0.2) is 0 Å². The Balaban J connectivity index is 2.75. The molecule has 0 fully saturated rings. The molecule has 120 valence electrons. The van der Waals surface area contributed by atoms with Crippen LogP contribution in [-0.4, -0.2) is 36.7 Å². The third kappa shape index (κ3) is 4.53. The van der Waals surface area contributed by atoms with E-state index in [1.54, 1.807) is 18.5 Å². The van der Waals surface area contributed by atoms with Crippen LogP contribution in [0.2, 0.25) is 0 Å². The minimum Gasteiger partial charge on any atom is -0.354 e. The van der Waals surface area contributed by atoms with E-state index in [4.69, 9.17) is 0 Å². The van der Waals surface area contributed by atoms with Gasteiger partial charge in [-0.2, -0.15) is 5.10 Å². The Morgan fingerprint density at radius 1 is 1.33 bits per heavy atom. The van der Waals surface area contributed by atoms with Crippen molar-refractivity contribution in [1.29, 1.82) is 0 Å². The minimum atomic E-state index is -3.65. The molecule has 21 heavy (non-hydrogen) atoms. The predicted molar refractivity (Wildman–Crippen MR) is 80.5 cm³/mol. The number of carbonyl (C=O) groups excluding carboxylic acids is 1. The summed E-state index contributed by atoms with van der Waals surface area (Å²) in [5.74, 6) is -0.176. The molecule has 8 heteroatoms. The van der Waals surface area contributed by atoms with Gasteiger partial charge in [0.25, 0.3) is 0 Å². The summed E-state index contributed by atoms with van der Waals surface area (Å²) in [6.45, 7) is 9.68. The van der Waals surface area contributed by atoms with Crippen molar-refractivity contribution >= 4 is 15.9 Å². The van der Waals surface area contributed by atoms with Crippen LogP contribution in [0.1, 0.15) is 38.6 Å². The topological polar surface area (TPSA) is 93.1 Å². The summed E-state index contributed by atoms with van der Waals surface area (Å²) in [7, 11) is -3.65. The number of amides is 1. The van der Waals surface area contributed by atoms with E-state index >= 15 is 0 Å². The quantitative estimate of drug-likeness (QED) is 0.775. The van der Waals surface area contributed by atoms with Crippen molar-refractivity contribution in [3.63, 3.8) is 0 Å². The van der Waals surface area contributed by atoms with E-state index in [-0.39, 0.29) is 29.8 Å². The highest BCUT2D eigenvalue weighted by Gasteiger charge is 2.24. The highest BCUT2D eigenvalue weighted by atomic mass is 32.2. The fourth-order valence-electron chi connectivity index (χ4n) is 2.14. The molecule has 1 amide bonds. The third-order valence-electron chi connectivity index (χ3n) is 2.98. The van der Waals surface area contributed by atoms with Crippen molar-refractivity contribution in [1.82, 2.24) is 19.8 Å². The monoisotopic (exact) mass is 316 g/mol. The zero-order chi connectivity index (χ0) is 16.2. The second kappa shape index (κ2) is 7.04. The van der Waals surface area contributed by atoms with Gasteiger partial charge in [-0.05, 0) is 34.6 Å². The molecule has 0 aliphatic heterocycles. The SMILES string of the molecule is CCn1nc(C)c(S(=O)(=O)NCCC(=O)NC(C)C)c1C. The first kappa shape index (κ1) is 17.6. The van der Waals surface area contributed by atoms with Gasteiger partial charge in [0.2, 0.25) is 15.9 Å². The molecular weight excluding hydrogens is 292 g/mol. The van der Waals surface area contributed by atoms with E-state index in [9.17, 15) is 13.2 Å². The molecule has 0 bridgehead atoms. The van der Waals surface area contributed by atoms with E-state index in [0.717, 1.165) is 0 Å². The molecule has 0 unspecified atom stereocenters. The molecule has 1 aromatic heterocycles. The molecule has 0 aliphatic carbocycles. The van der Waals surface area contributed by atoms with Crippen molar-refractivity contribution in [3.8, 4) is 0 Å². The molecule has 0 aliphatic rings. The lowest BCUT2D eigenvalue weighted by Crippen LogP contribution is -2.34. The fraction of sp³-hybridized carbons (Fsp3) is 0.692. The maximum absolute atomic E-state index is 12.3. The summed E-state index contributed by atoms with van der Waals surface area (Å²) in [4.78, 5) is 11.7. The number of hydrogen-bond donors (Lipinski definition) is 2. The van der Waals surface area contributed by atoms with Crippen molar-refractivity contribution in [2.24, 2.45) is 0 Å². The number of carbonyl (C=O) groups is 1. The Labute approximate surface area is 126 Å². The Morgan fingerprint density at radius 3 is 2.43 bits per heavy atom. The fourth-order valence-corrected chi connectivity index (χ4v) is 3.58. The number of aromatic nitrogens is 2. The van der Waals surface area contributed by atoms with Crippen LogP contribution in [0.5, 0.6) is 0 Å². The highest BCUT2D eigenvalue weighted by molar-refractivity contribution is 7.89. The van der Waals surface area contributed by atoms with E-state index in [1.165, 1.54) is 0 Å². The lowest BCUT2D eigenvalue weighted by Gasteiger charge is -2.09. The Hall–Kier alpha value is -1.41. The molecule has 0 radical (unpaired) electrons. The van der Waals surface area contributed by atoms with Gasteiger partial charge in [-0.1, -0.05) is 0 Å². The first-order chi connectivity index (χ1) is 9.69. The Morgan fingerprint density at radius 2 is 1.95 bits per heavy atom. The largest absolute Gasteiger partial charge is 0.354 e. The van der Waals surface area contributed by atoms with Gasteiger partial charge in [-0.25, -0.2) is 13.1 Å². The summed E-state index contributed by atoms with van der Waals surface area (Å²) >= 11 is 0. The van der Waals surface area contributed by atoms with Crippen LogP contribution in [0.25, 0.3) is 0 Å². The molecule has 0 saturated heterocycles. The van der Waals surface area contributed by atoms with Gasteiger partial charge in [0.1, 0.15) is 4.90 Å². The second-order valence-electron chi connectivity index (χ2n) is 5.19. The van der Waals surface area contributed by atoms with Crippen molar-refractivity contribution < 1.29 is 13.2 Å². The third-order valence-corrected chi connectivity index (χ3v) is 4.69. The molecule has 1 aromatic rings. The molecule has 0 aromatic carbocycles. The molecule has 7 nitrogen and oxygen atoms in total. The van der Waals surface area contributed by atoms with Gasteiger partial charge in [0, 0.05) is 25.6 Å². The van der Waals surface area contributed by atoms with Crippen LogP contribution >= 0.6 is 0 Å². The summed E-state index contributed by atoms with van der Waals surface area (Å²) in [5.41, 5.74) is 1.07. The van der Waals surface area contributed by atoms with Gasteiger partial charge in [-0.15, -0.1) is 0 Å². The standard InChI is InChI=1S/C13H24N4O3S/c1-6-17-11(5)13(10(4)16-17)21(19,20)14-8-7-12(18)15-9(2)3/h9,14H,6-8H2,1-5H3,(H,15,18). The first-order valence-corrected chi connectivity index (χ1v) is 8.50. The van der Waals surface area contributed by atoms with Crippen molar-refractivity contribution in [3.05, 3.63) is 11.4 Å². The second-order valence-corrected chi connectivity index (χ2v) is 6.89. The maximum Gasteiger partial charge on any atom is 0.244 e. The van der Waals surface area contributed by atoms with Crippen LogP contribution in [0.15, 0.2) is 4.90 Å². The number of aryl methyl sites for hydroxylation is 2. The number of nitrogens with zero attached hydrogens (tertiary/aromatic N) is 2. The summed E-state index contributed by atoms with van der Waals surface area (Å²) in [6.07, 6.45) is 0.109. The van der Waals surface area contributed by atoms with Crippen LogP contribution in [0.3, 0.4) is 0 Å². The van der Waals surface area contributed by atoms with Gasteiger partial charge < -0.3 is 5.32 Å². The Kier molecular flexibility index (Phi) is 5.91. The van der Waals surface area contributed by atoms with Crippen LogP contribution in [-0.2, 0) is 21.4 Å². The number of sulfonamides is 1. The highest BCUT2D eigenvalue weighted by Crippen LogP contribution is 2.18. The molecular formula is C13H24N4O3S. The lowest BCUT2D eigenvalue weighted by atomic mass is 10.3. The molecule has 0 spiro atoms. The minimum absolute atomic E-state index is 0.0429. The molecule has 1 rings (SSSR count). The normalized spacial score (nSPS) is 11.9. The Bertz CT molecular complexity index is 605. The summed E-state index contributed by atoms with van der Waals surface area (Å²) in [6, 6.07) is 0.0429. The van der Waals surface area contributed by atoms with Gasteiger partial charge in [-0.3, -0.25) is 9.48 Å². The number of hydrogen-bond acceptors (Lipinski definition) is 4.